The maximum absolute atomic E-state index is 12.5. The van der Waals surface area contributed by atoms with E-state index in [9.17, 15) is 4.79 Å². The second kappa shape index (κ2) is 9.39. The highest BCUT2D eigenvalue weighted by Crippen LogP contribution is 2.20. The summed E-state index contributed by atoms with van der Waals surface area (Å²) in [5.41, 5.74) is 2.14. The van der Waals surface area contributed by atoms with E-state index in [1.54, 1.807) is 24.3 Å². The van der Waals surface area contributed by atoms with Crippen molar-refractivity contribution in [1.82, 2.24) is 5.32 Å². The Hall–Kier alpha value is -2.11. The molecule has 0 aliphatic rings. The molecule has 4 nitrogen and oxygen atoms in total. The van der Waals surface area contributed by atoms with Crippen LogP contribution in [0.25, 0.3) is 0 Å². The minimum Gasteiger partial charge on any atom is -0.493 e. The van der Waals surface area contributed by atoms with E-state index in [1.165, 1.54) is 0 Å². The summed E-state index contributed by atoms with van der Waals surface area (Å²) in [5.74, 6) is 0.234. The summed E-state index contributed by atoms with van der Waals surface area (Å²) in [5, 5.41) is 6.46. The molecule has 1 amide bonds. The van der Waals surface area contributed by atoms with Gasteiger partial charge in [-0.1, -0.05) is 43.1 Å². The Balaban J connectivity index is 2.01. The van der Waals surface area contributed by atoms with Gasteiger partial charge in [0, 0.05) is 10.7 Å². The molecule has 2 aromatic rings. The number of hydrogen-bond acceptors (Lipinski definition) is 3. The fraction of sp³-hybridized carbons (Fsp3) is 0.263. The normalized spacial score (nSPS) is 10.2. The molecular weight excluding hydrogens is 356 g/mol. The molecule has 2 N–H and O–H groups in total. The average Bonchev–Trinajstić information content (AvgIpc) is 2.58. The van der Waals surface area contributed by atoms with Crippen LogP contribution in [0.2, 0.25) is 5.02 Å². The van der Waals surface area contributed by atoms with E-state index in [-0.39, 0.29) is 11.0 Å². The lowest BCUT2D eigenvalue weighted by atomic mass is 10.2. The lowest BCUT2D eigenvalue weighted by Gasteiger charge is -2.13. The standard InChI is InChI=1S/C19H21ClN2O2S/c1-3-4-11-24-17-8-6-5-7-15(17)18(23)22-19(25)21-14-10-9-13(2)16(20)12-14/h5-10,12H,3-4,11H2,1-2H3,(H2,21,22,23,25). The van der Waals surface area contributed by atoms with Gasteiger partial charge in [-0.25, -0.2) is 0 Å². The van der Waals surface area contributed by atoms with Gasteiger partial charge in [-0.15, -0.1) is 0 Å². The van der Waals surface area contributed by atoms with Crippen molar-refractivity contribution in [1.29, 1.82) is 0 Å². The summed E-state index contributed by atoms with van der Waals surface area (Å²) in [6.07, 6.45) is 1.96. The van der Waals surface area contributed by atoms with Crippen LogP contribution in [0.3, 0.4) is 0 Å². The Kier molecular flexibility index (Phi) is 7.22. The molecule has 0 atom stereocenters. The van der Waals surface area contributed by atoms with Crippen molar-refractivity contribution >= 4 is 40.5 Å². The summed E-state index contributed by atoms with van der Waals surface area (Å²) in [4.78, 5) is 12.5. The fourth-order valence-electron chi connectivity index (χ4n) is 2.11. The van der Waals surface area contributed by atoms with E-state index >= 15 is 0 Å². The first-order valence-corrected chi connectivity index (χ1v) is 8.90. The Morgan fingerprint density at radius 3 is 2.72 bits per heavy atom. The van der Waals surface area contributed by atoms with Gasteiger partial charge < -0.3 is 10.1 Å². The topological polar surface area (TPSA) is 50.4 Å². The monoisotopic (exact) mass is 376 g/mol. The highest BCUT2D eigenvalue weighted by Gasteiger charge is 2.13. The molecular formula is C19H21ClN2O2S. The number of ether oxygens (including phenoxy) is 1. The van der Waals surface area contributed by atoms with E-state index < -0.39 is 0 Å². The third kappa shape index (κ3) is 5.73. The zero-order valence-electron chi connectivity index (χ0n) is 14.3. The predicted octanol–water partition coefficient (Wildman–Crippen LogP) is 4.95. The van der Waals surface area contributed by atoms with Gasteiger partial charge in [0.1, 0.15) is 5.75 Å². The second-order valence-electron chi connectivity index (χ2n) is 5.57. The number of anilines is 1. The van der Waals surface area contributed by atoms with Gasteiger partial charge in [-0.3, -0.25) is 10.1 Å². The van der Waals surface area contributed by atoms with E-state index in [4.69, 9.17) is 28.6 Å². The van der Waals surface area contributed by atoms with E-state index in [0.717, 1.165) is 18.4 Å². The van der Waals surface area contributed by atoms with Gasteiger partial charge in [0.2, 0.25) is 0 Å². The molecule has 0 fully saturated rings. The summed E-state index contributed by atoms with van der Waals surface area (Å²) < 4.78 is 5.69. The third-order valence-electron chi connectivity index (χ3n) is 3.54. The number of thiocarbonyl (C=S) groups is 1. The number of aryl methyl sites for hydroxylation is 1. The number of carbonyl (C=O) groups excluding carboxylic acids is 1. The van der Waals surface area contributed by atoms with Gasteiger partial charge >= 0.3 is 0 Å². The van der Waals surface area contributed by atoms with E-state index in [2.05, 4.69) is 17.6 Å². The van der Waals surface area contributed by atoms with Gasteiger partial charge in [0.25, 0.3) is 5.91 Å². The minimum atomic E-state index is -0.317. The number of carbonyl (C=O) groups is 1. The number of hydrogen-bond donors (Lipinski definition) is 2. The number of benzene rings is 2. The summed E-state index contributed by atoms with van der Waals surface area (Å²) >= 11 is 11.3. The second-order valence-corrected chi connectivity index (χ2v) is 6.39. The molecule has 25 heavy (non-hydrogen) atoms. The van der Waals surface area contributed by atoms with Crippen molar-refractivity contribution in [2.24, 2.45) is 0 Å². The molecule has 0 unspecified atom stereocenters. The average molecular weight is 377 g/mol. The van der Waals surface area contributed by atoms with Crippen LogP contribution in [0.5, 0.6) is 5.75 Å². The number of nitrogens with one attached hydrogen (secondary N) is 2. The van der Waals surface area contributed by atoms with E-state index in [0.29, 0.717) is 28.6 Å². The summed E-state index contributed by atoms with van der Waals surface area (Å²) in [6.45, 7) is 4.58. The van der Waals surface area contributed by atoms with Gasteiger partial charge in [0.15, 0.2) is 5.11 Å². The van der Waals surface area contributed by atoms with Crippen LogP contribution in [0.15, 0.2) is 42.5 Å². The number of amides is 1. The quantitative estimate of drug-likeness (QED) is 0.553. The lowest BCUT2D eigenvalue weighted by Crippen LogP contribution is -2.34. The number of rotatable bonds is 6. The molecule has 0 bridgehead atoms. The fourth-order valence-corrected chi connectivity index (χ4v) is 2.50. The van der Waals surface area contributed by atoms with Gasteiger partial charge in [-0.2, -0.15) is 0 Å². The Labute approximate surface area is 158 Å². The van der Waals surface area contributed by atoms with Crippen LogP contribution >= 0.6 is 23.8 Å². The van der Waals surface area contributed by atoms with Crippen molar-refractivity contribution in [2.75, 3.05) is 11.9 Å². The smallest absolute Gasteiger partial charge is 0.261 e. The molecule has 2 aromatic carbocycles. The van der Waals surface area contributed by atoms with E-state index in [1.807, 2.05) is 25.1 Å². The first kappa shape index (κ1) is 19.2. The summed E-state index contributed by atoms with van der Waals surface area (Å²) in [6, 6.07) is 12.6. The van der Waals surface area contributed by atoms with Crippen LogP contribution < -0.4 is 15.4 Å². The molecule has 0 saturated heterocycles. The molecule has 0 aromatic heterocycles. The van der Waals surface area contributed by atoms with Crippen molar-refractivity contribution in [3.63, 3.8) is 0 Å². The molecule has 6 heteroatoms. The highest BCUT2D eigenvalue weighted by atomic mass is 35.5. The Bertz CT molecular complexity index is 765. The largest absolute Gasteiger partial charge is 0.493 e. The van der Waals surface area contributed by atoms with Crippen LogP contribution in [-0.2, 0) is 0 Å². The first-order valence-electron chi connectivity index (χ1n) is 8.11. The Morgan fingerprint density at radius 2 is 2.00 bits per heavy atom. The van der Waals surface area contributed by atoms with Crippen molar-refractivity contribution in [3.05, 3.63) is 58.6 Å². The summed E-state index contributed by atoms with van der Waals surface area (Å²) in [7, 11) is 0. The highest BCUT2D eigenvalue weighted by molar-refractivity contribution is 7.80. The zero-order chi connectivity index (χ0) is 18.2. The maximum atomic E-state index is 12.5. The van der Waals surface area contributed by atoms with Crippen LogP contribution in [0.1, 0.15) is 35.7 Å². The van der Waals surface area contributed by atoms with Crippen molar-refractivity contribution in [2.45, 2.75) is 26.7 Å². The van der Waals surface area contributed by atoms with Crippen LogP contribution in [0, 0.1) is 6.92 Å². The molecule has 0 radical (unpaired) electrons. The molecule has 0 saturated carbocycles. The van der Waals surface area contributed by atoms with Crippen molar-refractivity contribution in [3.8, 4) is 5.75 Å². The minimum absolute atomic E-state index is 0.202. The third-order valence-corrected chi connectivity index (χ3v) is 4.16. The van der Waals surface area contributed by atoms with Crippen molar-refractivity contribution < 1.29 is 9.53 Å². The lowest BCUT2D eigenvalue weighted by molar-refractivity contribution is 0.0973. The molecule has 0 spiro atoms. The maximum Gasteiger partial charge on any atom is 0.261 e. The number of para-hydroxylation sites is 1. The molecule has 132 valence electrons. The van der Waals surface area contributed by atoms with Gasteiger partial charge in [0.05, 0.1) is 12.2 Å². The van der Waals surface area contributed by atoms with Crippen LogP contribution in [-0.4, -0.2) is 17.6 Å². The number of unbranched alkanes of at least 4 members (excludes halogenated alkanes) is 1. The Morgan fingerprint density at radius 1 is 1.24 bits per heavy atom. The first-order chi connectivity index (χ1) is 12.0. The zero-order valence-corrected chi connectivity index (χ0v) is 15.8. The van der Waals surface area contributed by atoms with Crippen LogP contribution in [0.4, 0.5) is 5.69 Å². The predicted molar refractivity (Wildman–Crippen MR) is 107 cm³/mol. The SMILES string of the molecule is CCCCOc1ccccc1C(=O)NC(=S)Nc1ccc(C)c(Cl)c1. The molecule has 0 aliphatic carbocycles. The number of halogens is 1. The molecule has 0 aliphatic heterocycles. The molecule has 2 rings (SSSR count). The molecule has 0 heterocycles. The van der Waals surface area contributed by atoms with Gasteiger partial charge in [-0.05, 0) is 55.4 Å².